The second-order valence-electron chi connectivity index (χ2n) is 16.1. The number of aliphatic hydroxyl groups is 1. The van der Waals surface area contributed by atoms with Crippen molar-refractivity contribution in [2.24, 2.45) is 28.6 Å². The standard InChI is InChI=1S/C38H60N2O4/c1-35-15-13-32(43-25-23-39-19-4-5-20-39)27-29(35)11-12-34-33(35)14-16-36(2)37(34,41)17-18-38(36,30-9-8-10-31(28-30)42-3)44-26-24-40-21-6-7-22-40/h8-10,28-29,32-34,41H,4-7,11-27H2,1-3H3/t29-,32+,33+,34-,35+,36+,37+,38+/m1/s1. The van der Waals surface area contributed by atoms with Crippen molar-refractivity contribution in [2.45, 2.75) is 115 Å². The molecule has 0 unspecified atom stereocenters. The van der Waals surface area contributed by atoms with Crippen LogP contribution in [0, 0.1) is 28.6 Å². The first-order valence-corrected chi connectivity index (χ1v) is 18.4. The molecule has 8 atom stereocenters. The number of ether oxygens (including phenoxy) is 3. The van der Waals surface area contributed by atoms with Crippen LogP contribution in [0.3, 0.4) is 0 Å². The number of fused-ring (bicyclic) bond motifs is 5. The van der Waals surface area contributed by atoms with Crippen molar-refractivity contribution in [3.8, 4) is 5.75 Å². The van der Waals surface area contributed by atoms with Crippen LogP contribution < -0.4 is 4.74 Å². The molecule has 7 rings (SSSR count). The van der Waals surface area contributed by atoms with Crippen LogP contribution >= 0.6 is 0 Å². The lowest BCUT2D eigenvalue weighted by Crippen LogP contribution is -2.65. The molecule has 6 nitrogen and oxygen atoms in total. The highest BCUT2D eigenvalue weighted by atomic mass is 16.5. The van der Waals surface area contributed by atoms with Gasteiger partial charge < -0.3 is 29.1 Å². The average Bonchev–Trinajstić information content (AvgIpc) is 3.80. The molecule has 246 valence electrons. The van der Waals surface area contributed by atoms with Crippen molar-refractivity contribution in [3.05, 3.63) is 29.8 Å². The van der Waals surface area contributed by atoms with Crippen LogP contribution in [0.15, 0.2) is 24.3 Å². The van der Waals surface area contributed by atoms with Gasteiger partial charge in [-0.15, -0.1) is 0 Å². The molecule has 0 bridgehead atoms. The number of likely N-dealkylation sites (tertiary alicyclic amines) is 2. The van der Waals surface area contributed by atoms with E-state index in [-0.39, 0.29) is 5.41 Å². The molecule has 1 aromatic carbocycles. The van der Waals surface area contributed by atoms with E-state index in [2.05, 4.69) is 41.8 Å². The van der Waals surface area contributed by atoms with Crippen LogP contribution in [-0.4, -0.2) is 86.2 Å². The highest BCUT2D eigenvalue weighted by Gasteiger charge is 2.72. The van der Waals surface area contributed by atoms with Gasteiger partial charge in [-0.25, -0.2) is 0 Å². The number of hydrogen-bond acceptors (Lipinski definition) is 6. The van der Waals surface area contributed by atoms with Gasteiger partial charge in [0.05, 0.1) is 32.0 Å². The average molecular weight is 609 g/mol. The molecule has 1 aromatic rings. The van der Waals surface area contributed by atoms with Gasteiger partial charge in [0.25, 0.3) is 0 Å². The molecule has 6 aliphatic rings. The summed E-state index contributed by atoms with van der Waals surface area (Å²) < 4.78 is 19.4. The molecule has 4 aliphatic carbocycles. The van der Waals surface area contributed by atoms with Gasteiger partial charge in [0.1, 0.15) is 11.4 Å². The fourth-order valence-corrected chi connectivity index (χ4v) is 11.7. The maximum Gasteiger partial charge on any atom is 0.119 e. The summed E-state index contributed by atoms with van der Waals surface area (Å²) in [5.74, 6) is 2.51. The van der Waals surface area contributed by atoms with Crippen LogP contribution in [0.25, 0.3) is 0 Å². The van der Waals surface area contributed by atoms with E-state index in [1.807, 2.05) is 6.07 Å². The lowest BCUT2D eigenvalue weighted by atomic mass is 9.42. The summed E-state index contributed by atoms with van der Waals surface area (Å²) >= 11 is 0. The molecule has 44 heavy (non-hydrogen) atoms. The van der Waals surface area contributed by atoms with Crippen LogP contribution in [0.2, 0.25) is 0 Å². The molecule has 0 radical (unpaired) electrons. The summed E-state index contributed by atoms with van der Waals surface area (Å²) in [6.45, 7) is 13.6. The molecular formula is C38H60N2O4. The summed E-state index contributed by atoms with van der Waals surface area (Å²) in [5.41, 5.74) is -0.0605. The Labute approximate surface area is 267 Å². The van der Waals surface area contributed by atoms with Crippen LogP contribution in [0.5, 0.6) is 5.75 Å². The van der Waals surface area contributed by atoms with Crippen LogP contribution in [0.4, 0.5) is 0 Å². The van der Waals surface area contributed by atoms with E-state index in [4.69, 9.17) is 14.2 Å². The zero-order valence-corrected chi connectivity index (χ0v) is 28.0. The molecule has 2 aliphatic heterocycles. The van der Waals surface area contributed by atoms with E-state index < -0.39 is 11.2 Å². The number of nitrogens with zero attached hydrogens (tertiary/aromatic N) is 2. The van der Waals surface area contributed by atoms with E-state index in [0.717, 1.165) is 57.7 Å². The summed E-state index contributed by atoms with van der Waals surface area (Å²) in [5, 5.41) is 13.1. The molecule has 4 saturated carbocycles. The van der Waals surface area contributed by atoms with E-state index >= 15 is 0 Å². The van der Waals surface area contributed by atoms with Crippen LogP contribution in [0.1, 0.15) is 103 Å². The number of rotatable bonds is 10. The Morgan fingerprint density at radius 3 is 2.27 bits per heavy atom. The van der Waals surface area contributed by atoms with Gasteiger partial charge >= 0.3 is 0 Å². The zero-order chi connectivity index (χ0) is 30.4. The predicted molar refractivity (Wildman–Crippen MR) is 175 cm³/mol. The van der Waals surface area contributed by atoms with Crippen molar-refractivity contribution in [1.29, 1.82) is 0 Å². The molecule has 0 spiro atoms. The minimum atomic E-state index is -0.719. The maximum absolute atomic E-state index is 13.1. The van der Waals surface area contributed by atoms with Crippen molar-refractivity contribution in [3.63, 3.8) is 0 Å². The smallest absolute Gasteiger partial charge is 0.119 e. The van der Waals surface area contributed by atoms with Gasteiger partial charge in [0.2, 0.25) is 0 Å². The van der Waals surface area contributed by atoms with E-state index in [1.54, 1.807) is 7.11 Å². The van der Waals surface area contributed by atoms with Gasteiger partial charge in [-0.1, -0.05) is 26.0 Å². The van der Waals surface area contributed by atoms with Gasteiger partial charge in [0, 0.05) is 18.5 Å². The zero-order valence-electron chi connectivity index (χ0n) is 28.0. The first-order valence-electron chi connectivity index (χ1n) is 18.4. The topological polar surface area (TPSA) is 54.4 Å². The maximum atomic E-state index is 13.1. The predicted octanol–water partition coefficient (Wildman–Crippen LogP) is 6.64. The number of methoxy groups -OCH3 is 1. The van der Waals surface area contributed by atoms with Gasteiger partial charge in [-0.2, -0.15) is 0 Å². The Kier molecular flexibility index (Phi) is 8.89. The van der Waals surface area contributed by atoms with Gasteiger partial charge in [0.15, 0.2) is 0 Å². The lowest BCUT2D eigenvalue weighted by molar-refractivity contribution is -0.249. The minimum Gasteiger partial charge on any atom is -0.497 e. The second kappa shape index (κ2) is 12.4. The molecular weight excluding hydrogens is 548 g/mol. The normalized spacial score (nSPS) is 42.6. The first-order chi connectivity index (χ1) is 21.3. The van der Waals surface area contributed by atoms with Crippen LogP contribution in [-0.2, 0) is 15.1 Å². The Hall–Kier alpha value is -1.18. The molecule has 6 heteroatoms. The fourth-order valence-electron chi connectivity index (χ4n) is 11.7. The number of benzene rings is 1. The van der Waals surface area contributed by atoms with E-state index in [1.165, 1.54) is 89.5 Å². The van der Waals surface area contributed by atoms with E-state index in [0.29, 0.717) is 29.3 Å². The Morgan fingerprint density at radius 2 is 1.55 bits per heavy atom. The Morgan fingerprint density at radius 1 is 0.818 bits per heavy atom. The number of hydrogen-bond donors (Lipinski definition) is 1. The largest absolute Gasteiger partial charge is 0.497 e. The highest BCUT2D eigenvalue weighted by molar-refractivity contribution is 5.38. The third kappa shape index (κ3) is 5.18. The SMILES string of the molecule is COc1cccc([C@@]2(OCCN3CCCC3)CC[C@]3(O)[C@@H]4CC[C@@H]5C[C@@H](OCCN6CCCC6)CC[C@]5(C)[C@H]4CC[C@]23C)c1. The molecule has 2 saturated heterocycles. The molecule has 2 heterocycles. The summed E-state index contributed by atoms with van der Waals surface area (Å²) in [6.07, 6.45) is 15.6. The van der Waals surface area contributed by atoms with Crippen molar-refractivity contribution < 1.29 is 19.3 Å². The van der Waals surface area contributed by atoms with Gasteiger partial charge in [-0.3, -0.25) is 0 Å². The summed E-state index contributed by atoms with van der Waals surface area (Å²) in [4.78, 5) is 5.12. The molecule has 0 aromatic heterocycles. The quantitative estimate of drug-likeness (QED) is 0.321. The minimum absolute atomic E-state index is 0.298. The molecule has 1 N–H and O–H groups in total. The lowest BCUT2D eigenvalue weighted by Gasteiger charge is -2.65. The highest BCUT2D eigenvalue weighted by Crippen LogP contribution is 2.72. The fraction of sp³-hybridized carbons (Fsp3) is 0.842. The third-order valence-electron chi connectivity index (χ3n) is 14.4. The molecule has 6 fully saturated rings. The Bertz CT molecular complexity index is 1140. The summed E-state index contributed by atoms with van der Waals surface area (Å²) in [6, 6.07) is 8.59. The molecule has 0 amide bonds. The van der Waals surface area contributed by atoms with E-state index in [9.17, 15) is 5.11 Å². The van der Waals surface area contributed by atoms with Crippen molar-refractivity contribution >= 4 is 0 Å². The Balaban J connectivity index is 1.09. The van der Waals surface area contributed by atoms with Crippen molar-refractivity contribution in [2.75, 3.05) is 59.6 Å². The van der Waals surface area contributed by atoms with Gasteiger partial charge in [-0.05, 0) is 151 Å². The monoisotopic (exact) mass is 608 g/mol. The second-order valence-corrected chi connectivity index (χ2v) is 16.1. The third-order valence-corrected chi connectivity index (χ3v) is 14.4. The summed E-state index contributed by atoms with van der Waals surface area (Å²) in [7, 11) is 1.75. The first kappa shape index (κ1) is 31.4. The van der Waals surface area contributed by atoms with Crippen molar-refractivity contribution in [1.82, 2.24) is 9.80 Å².